The molecule has 0 saturated carbocycles. The van der Waals surface area contributed by atoms with Crippen LogP contribution in [0.25, 0.3) is 0 Å². The molecular weight excluding hydrogens is 374 g/mol. The molecule has 0 bridgehead atoms. The molecule has 3 heterocycles. The summed E-state index contributed by atoms with van der Waals surface area (Å²) < 4.78 is 5.41. The normalized spacial score (nSPS) is 21.3. The van der Waals surface area contributed by atoms with Crippen molar-refractivity contribution in [2.45, 2.75) is 38.3 Å². The van der Waals surface area contributed by atoms with Gasteiger partial charge in [0.1, 0.15) is 0 Å². The number of hydrogen-bond acceptors (Lipinski definition) is 7. The summed E-state index contributed by atoms with van der Waals surface area (Å²) in [4.78, 5) is 22.4. The van der Waals surface area contributed by atoms with Gasteiger partial charge in [0.05, 0.1) is 13.2 Å². The maximum Gasteiger partial charge on any atom is 0.221 e. The van der Waals surface area contributed by atoms with Crippen LogP contribution >= 0.6 is 23.7 Å². The summed E-state index contributed by atoms with van der Waals surface area (Å²) in [6.45, 7) is 6.54. The molecule has 3 N–H and O–H groups in total. The van der Waals surface area contributed by atoms with Crippen molar-refractivity contribution in [2.75, 3.05) is 50.8 Å². The molecular formula is C17H30ClN5O2S. The lowest BCUT2D eigenvalue weighted by Crippen LogP contribution is -2.46. The summed E-state index contributed by atoms with van der Waals surface area (Å²) in [5.74, 6) is 0.0559. The van der Waals surface area contributed by atoms with E-state index < -0.39 is 0 Å². The van der Waals surface area contributed by atoms with Crippen LogP contribution in [0, 0.1) is 0 Å². The number of hydrogen-bond donors (Lipinski definition) is 2. The Hall–Kier alpha value is -0.930. The number of ether oxygens (including phenoxy) is 1. The van der Waals surface area contributed by atoms with Crippen molar-refractivity contribution in [3.05, 3.63) is 11.1 Å². The minimum absolute atomic E-state index is 0. The van der Waals surface area contributed by atoms with Crippen LogP contribution in [-0.2, 0) is 16.1 Å². The van der Waals surface area contributed by atoms with Gasteiger partial charge >= 0.3 is 0 Å². The molecule has 1 atom stereocenters. The zero-order chi connectivity index (χ0) is 17.5. The van der Waals surface area contributed by atoms with Crippen LogP contribution in [-0.4, -0.2) is 67.8 Å². The highest BCUT2D eigenvalue weighted by molar-refractivity contribution is 7.15. The lowest BCUT2D eigenvalue weighted by Gasteiger charge is -2.35. The zero-order valence-corrected chi connectivity index (χ0v) is 16.8. The van der Waals surface area contributed by atoms with Crippen LogP contribution in [0.5, 0.6) is 0 Å². The summed E-state index contributed by atoms with van der Waals surface area (Å²) in [6.07, 6.45) is 6.01. The Balaban J connectivity index is 0.00000243. The van der Waals surface area contributed by atoms with E-state index in [1.54, 1.807) is 11.3 Å². The first kappa shape index (κ1) is 21.4. The molecule has 1 aromatic heterocycles. The van der Waals surface area contributed by atoms with E-state index in [9.17, 15) is 4.79 Å². The Bertz CT molecular complexity index is 553. The second-order valence-corrected chi connectivity index (χ2v) is 7.77. The third-order valence-electron chi connectivity index (χ3n) is 4.84. The second-order valence-electron chi connectivity index (χ2n) is 6.67. The smallest absolute Gasteiger partial charge is 0.221 e. The van der Waals surface area contributed by atoms with E-state index in [1.807, 2.05) is 6.20 Å². The fourth-order valence-corrected chi connectivity index (χ4v) is 4.41. The number of likely N-dealkylation sites (tertiary alicyclic amines) is 1. The van der Waals surface area contributed by atoms with Gasteiger partial charge in [0.25, 0.3) is 0 Å². The average molecular weight is 404 g/mol. The lowest BCUT2D eigenvalue weighted by atomic mass is 10.0. The number of nitrogens with one attached hydrogen (secondary N) is 1. The molecule has 2 fully saturated rings. The van der Waals surface area contributed by atoms with E-state index >= 15 is 0 Å². The fourth-order valence-electron chi connectivity index (χ4n) is 3.42. The number of nitrogens with zero attached hydrogens (tertiary/aromatic N) is 3. The minimum Gasteiger partial charge on any atom is -0.378 e. The topological polar surface area (TPSA) is 83.7 Å². The number of amides is 1. The number of anilines is 1. The summed E-state index contributed by atoms with van der Waals surface area (Å²) in [6, 6.07) is 0.407. The molecule has 148 valence electrons. The van der Waals surface area contributed by atoms with Gasteiger partial charge in [-0.2, -0.15) is 0 Å². The number of rotatable bonds is 7. The predicted octanol–water partition coefficient (Wildman–Crippen LogP) is 1.22. The molecule has 7 nitrogen and oxygen atoms in total. The van der Waals surface area contributed by atoms with Crippen LogP contribution in [0.2, 0.25) is 0 Å². The Morgan fingerprint density at radius 3 is 2.92 bits per heavy atom. The number of morpholine rings is 1. The van der Waals surface area contributed by atoms with Gasteiger partial charge in [-0.05, 0) is 19.4 Å². The summed E-state index contributed by atoms with van der Waals surface area (Å²) in [5.41, 5.74) is 5.44. The second kappa shape index (κ2) is 11.0. The SMILES string of the molecule is Cl.NCCC(=O)NCC1CCCCN1Cc1cnc(N2CCOCC2)s1. The maximum atomic E-state index is 11.7. The van der Waals surface area contributed by atoms with E-state index in [0.717, 1.165) is 50.9 Å². The molecule has 1 amide bonds. The third-order valence-corrected chi connectivity index (χ3v) is 5.88. The van der Waals surface area contributed by atoms with Crippen LogP contribution < -0.4 is 16.0 Å². The average Bonchev–Trinajstić information content (AvgIpc) is 3.11. The van der Waals surface area contributed by atoms with Gasteiger partial charge in [-0.3, -0.25) is 9.69 Å². The van der Waals surface area contributed by atoms with E-state index in [1.165, 1.54) is 17.7 Å². The van der Waals surface area contributed by atoms with Crippen LogP contribution in [0.1, 0.15) is 30.6 Å². The van der Waals surface area contributed by atoms with Crippen molar-refractivity contribution < 1.29 is 9.53 Å². The summed E-state index contributed by atoms with van der Waals surface area (Å²) in [7, 11) is 0. The summed E-state index contributed by atoms with van der Waals surface area (Å²) >= 11 is 1.78. The number of nitrogens with two attached hydrogens (primary N) is 1. The number of carbonyl (C=O) groups excluding carboxylic acids is 1. The molecule has 0 aromatic carbocycles. The maximum absolute atomic E-state index is 11.7. The Kier molecular flexibility index (Phi) is 9.07. The monoisotopic (exact) mass is 403 g/mol. The molecule has 0 spiro atoms. The first-order valence-electron chi connectivity index (χ1n) is 9.24. The molecule has 26 heavy (non-hydrogen) atoms. The first-order chi connectivity index (χ1) is 12.3. The Morgan fingerprint density at radius 1 is 1.35 bits per heavy atom. The molecule has 9 heteroatoms. The minimum atomic E-state index is 0. The molecule has 1 aromatic rings. The van der Waals surface area contributed by atoms with E-state index in [4.69, 9.17) is 10.5 Å². The molecule has 2 saturated heterocycles. The van der Waals surface area contributed by atoms with Gasteiger partial charge in [0.2, 0.25) is 5.91 Å². The molecule has 2 aliphatic rings. The van der Waals surface area contributed by atoms with Crippen molar-refractivity contribution in [3.63, 3.8) is 0 Å². The van der Waals surface area contributed by atoms with Crippen molar-refractivity contribution in [1.82, 2.24) is 15.2 Å². The Labute approximate surface area is 165 Å². The van der Waals surface area contributed by atoms with E-state index in [2.05, 4.69) is 20.1 Å². The van der Waals surface area contributed by atoms with Crippen LogP contribution in [0.4, 0.5) is 5.13 Å². The van der Waals surface area contributed by atoms with Crippen molar-refractivity contribution >= 4 is 34.8 Å². The number of carbonyl (C=O) groups is 1. The molecule has 0 aliphatic carbocycles. The Morgan fingerprint density at radius 2 is 2.15 bits per heavy atom. The highest BCUT2D eigenvalue weighted by Gasteiger charge is 2.24. The van der Waals surface area contributed by atoms with Gasteiger partial charge in [0, 0.05) is 56.3 Å². The van der Waals surface area contributed by atoms with Gasteiger partial charge in [-0.1, -0.05) is 6.42 Å². The molecule has 1 unspecified atom stereocenters. The van der Waals surface area contributed by atoms with Crippen molar-refractivity contribution in [1.29, 1.82) is 0 Å². The third kappa shape index (κ3) is 6.06. The van der Waals surface area contributed by atoms with Gasteiger partial charge < -0.3 is 20.7 Å². The summed E-state index contributed by atoms with van der Waals surface area (Å²) in [5, 5.41) is 4.13. The fraction of sp³-hybridized carbons (Fsp3) is 0.765. The van der Waals surface area contributed by atoms with E-state index in [0.29, 0.717) is 25.6 Å². The number of aromatic nitrogens is 1. The largest absolute Gasteiger partial charge is 0.378 e. The highest BCUT2D eigenvalue weighted by Crippen LogP contribution is 2.26. The first-order valence-corrected chi connectivity index (χ1v) is 10.1. The number of halogens is 1. The number of thiazole rings is 1. The standard InChI is InChI=1S/C17H29N5O2S.ClH/c18-5-4-16(23)19-11-14-3-1-2-6-22(14)13-15-12-20-17(25-15)21-7-9-24-10-8-21;/h12,14H,1-11,13,18H2,(H,19,23);1H. The molecule has 3 rings (SSSR count). The highest BCUT2D eigenvalue weighted by atomic mass is 35.5. The van der Waals surface area contributed by atoms with Crippen molar-refractivity contribution in [2.24, 2.45) is 5.73 Å². The molecule has 0 radical (unpaired) electrons. The van der Waals surface area contributed by atoms with Crippen LogP contribution in [0.15, 0.2) is 6.20 Å². The van der Waals surface area contributed by atoms with Crippen molar-refractivity contribution in [3.8, 4) is 0 Å². The van der Waals surface area contributed by atoms with Gasteiger partial charge in [-0.25, -0.2) is 4.98 Å². The van der Waals surface area contributed by atoms with E-state index in [-0.39, 0.29) is 18.3 Å². The lowest BCUT2D eigenvalue weighted by molar-refractivity contribution is -0.121. The quantitative estimate of drug-likeness (QED) is 0.712. The molecule has 2 aliphatic heterocycles. The van der Waals surface area contributed by atoms with Gasteiger partial charge in [-0.15, -0.1) is 23.7 Å². The predicted molar refractivity (Wildman–Crippen MR) is 107 cm³/mol. The van der Waals surface area contributed by atoms with Crippen LogP contribution in [0.3, 0.4) is 0 Å². The number of piperidine rings is 1. The zero-order valence-electron chi connectivity index (χ0n) is 15.2. The van der Waals surface area contributed by atoms with Gasteiger partial charge in [0.15, 0.2) is 5.13 Å².